The number of hydrogen-bond acceptors (Lipinski definition) is 4. The summed E-state index contributed by atoms with van der Waals surface area (Å²) in [6, 6.07) is 7.07. The first-order valence-corrected chi connectivity index (χ1v) is 8.57. The average molecular weight is 342 g/mol. The monoisotopic (exact) mass is 342 g/mol. The van der Waals surface area contributed by atoms with Crippen molar-refractivity contribution < 1.29 is 9.59 Å². The Morgan fingerprint density at radius 1 is 1.04 bits per heavy atom. The van der Waals surface area contributed by atoms with Crippen molar-refractivity contribution >= 4 is 22.6 Å². The molecule has 0 aliphatic carbocycles. The smallest absolute Gasteiger partial charge is 0.275 e. The van der Waals surface area contributed by atoms with Gasteiger partial charge in [0.1, 0.15) is 0 Å². The van der Waals surface area contributed by atoms with Crippen LogP contribution in [-0.4, -0.2) is 57.6 Å². The van der Waals surface area contributed by atoms with Crippen molar-refractivity contribution in [3.05, 3.63) is 40.3 Å². The largest absolute Gasteiger partial charge is 0.341 e. The second-order valence-electron chi connectivity index (χ2n) is 6.17. The van der Waals surface area contributed by atoms with E-state index in [4.69, 9.17) is 0 Å². The van der Waals surface area contributed by atoms with Crippen LogP contribution in [0.5, 0.6) is 0 Å². The highest BCUT2D eigenvalue weighted by Gasteiger charge is 2.24. The van der Waals surface area contributed by atoms with Crippen LogP contribution in [0.25, 0.3) is 10.8 Å². The zero-order valence-electron chi connectivity index (χ0n) is 14.6. The molecule has 0 atom stereocenters. The molecule has 132 valence electrons. The van der Waals surface area contributed by atoms with Gasteiger partial charge in [0.25, 0.3) is 11.5 Å². The van der Waals surface area contributed by atoms with Crippen LogP contribution in [0.3, 0.4) is 0 Å². The van der Waals surface area contributed by atoms with Gasteiger partial charge in [-0.1, -0.05) is 18.2 Å². The second-order valence-corrected chi connectivity index (χ2v) is 6.17. The molecule has 3 rings (SSSR count). The number of fused-ring (bicyclic) bond motifs is 1. The lowest BCUT2D eigenvalue weighted by molar-refractivity contribution is -0.128. The van der Waals surface area contributed by atoms with Crippen molar-refractivity contribution in [2.24, 2.45) is 0 Å². The summed E-state index contributed by atoms with van der Waals surface area (Å²) in [7, 11) is 0. The van der Waals surface area contributed by atoms with E-state index in [0.29, 0.717) is 49.2 Å². The first-order chi connectivity index (χ1) is 12.0. The third-order valence-electron chi connectivity index (χ3n) is 4.60. The number of benzene rings is 1. The van der Waals surface area contributed by atoms with Crippen LogP contribution >= 0.6 is 0 Å². The Labute approximate surface area is 145 Å². The van der Waals surface area contributed by atoms with Crippen LogP contribution in [0.15, 0.2) is 29.1 Å². The molecule has 1 aliphatic rings. The van der Waals surface area contributed by atoms with E-state index in [1.807, 2.05) is 6.92 Å². The minimum Gasteiger partial charge on any atom is -0.341 e. The van der Waals surface area contributed by atoms with E-state index in [1.165, 1.54) is 4.68 Å². The number of hydrogen-bond donors (Lipinski definition) is 0. The second kappa shape index (κ2) is 7.04. The molecule has 1 aromatic heterocycles. The first-order valence-electron chi connectivity index (χ1n) is 8.57. The van der Waals surface area contributed by atoms with Gasteiger partial charge in [-0.05, 0) is 19.4 Å². The van der Waals surface area contributed by atoms with E-state index >= 15 is 0 Å². The Kier molecular flexibility index (Phi) is 4.83. The third kappa shape index (κ3) is 3.26. The Bertz CT molecular complexity index is 874. The molecule has 0 N–H and O–H groups in total. The van der Waals surface area contributed by atoms with Crippen molar-refractivity contribution in [2.75, 3.05) is 26.2 Å². The van der Waals surface area contributed by atoms with Crippen LogP contribution in [0.2, 0.25) is 0 Å². The van der Waals surface area contributed by atoms with E-state index < -0.39 is 0 Å². The third-order valence-corrected chi connectivity index (χ3v) is 4.60. The fourth-order valence-corrected chi connectivity index (χ4v) is 3.19. The molecule has 7 heteroatoms. The summed E-state index contributed by atoms with van der Waals surface area (Å²) < 4.78 is 1.33. The van der Waals surface area contributed by atoms with Crippen LogP contribution < -0.4 is 5.56 Å². The van der Waals surface area contributed by atoms with E-state index in [1.54, 1.807) is 41.0 Å². The molecule has 1 saturated heterocycles. The molecular weight excluding hydrogens is 320 g/mol. The molecule has 2 heterocycles. The summed E-state index contributed by atoms with van der Waals surface area (Å²) in [6.45, 7) is 6.00. The van der Waals surface area contributed by atoms with E-state index in [2.05, 4.69) is 5.10 Å². The average Bonchev–Trinajstić information content (AvgIpc) is 2.88. The molecule has 0 spiro atoms. The van der Waals surface area contributed by atoms with Crippen molar-refractivity contribution in [3.63, 3.8) is 0 Å². The molecule has 1 fully saturated rings. The first kappa shape index (κ1) is 17.1. The van der Waals surface area contributed by atoms with Gasteiger partial charge in [-0.25, -0.2) is 4.68 Å². The van der Waals surface area contributed by atoms with Crippen LogP contribution in [-0.2, 0) is 11.3 Å². The zero-order chi connectivity index (χ0) is 18.0. The number of rotatable bonds is 2. The Morgan fingerprint density at radius 2 is 1.68 bits per heavy atom. The summed E-state index contributed by atoms with van der Waals surface area (Å²) in [5, 5.41) is 5.39. The minimum atomic E-state index is -0.191. The van der Waals surface area contributed by atoms with Crippen molar-refractivity contribution in [1.82, 2.24) is 19.6 Å². The summed E-state index contributed by atoms with van der Waals surface area (Å²) in [5.41, 5.74) is 0.113. The fourth-order valence-electron chi connectivity index (χ4n) is 3.19. The molecule has 1 aliphatic heterocycles. The Balaban J connectivity index is 1.98. The summed E-state index contributed by atoms with van der Waals surface area (Å²) >= 11 is 0. The number of nitrogens with zero attached hydrogens (tertiary/aromatic N) is 4. The summed E-state index contributed by atoms with van der Waals surface area (Å²) in [6.07, 6.45) is 0.733. The molecule has 2 aromatic rings. The van der Waals surface area contributed by atoms with E-state index in [0.717, 1.165) is 6.42 Å². The highest BCUT2D eigenvalue weighted by atomic mass is 16.2. The van der Waals surface area contributed by atoms with Crippen LogP contribution in [0.4, 0.5) is 0 Å². The predicted octanol–water partition coefficient (Wildman–Crippen LogP) is 1.11. The lowest BCUT2D eigenvalue weighted by Gasteiger charge is -2.22. The zero-order valence-corrected chi connectivity index (χ0v) is 14.6. The van der Waals surface area contributed by atoms with Gasteiger partial charge in [-0.15, -0.1) is 0 Å². The highest BCUT2D eigenvalue weighted by Crippen LogP contribution is 2.16. The lowest BCUT2D eigenvalue weighted by atomic mass is 10.1. The molecule has 25 heavy (non-hydrogen) atoms. The number of aromatic nitrogens is 2. The summed E-state index contributed by atoms with van der Waals surface area (Å²) in [5.74, 6) is -0.166. The topological polar surface area (TPSA) is 75.5 Å². The Morgan fingerprint density at radius 3 is 2.36 bits per heavy atom. The van der Waals surface area contributed by atoms with Gasteiger partial charge in [0.2, 0.25) is 5.91 Å². The quantitative estimate of drug-likeness (QED) is 0.819. The molecule has 7 nitrogen and oxygen atoms in total. The maximum absolute atomic E-state index is 13.1. The van der Waals surface area contributed by atoms with Gasteiger partial charge < -0.3 is 9.80 Å². The molecule has 0 radical (unpaired) electrons. The lowest BCUT2D eigenvalue weighted by Crippen LogP contribution is -2.38. The van der Waals surface area contributed by atoms with Gasteiger partial charge in [-0.2, -0.15) is 5.10 Å². The minimum absolute atomic E-state index is 0.0254. The van der Waals surface area contributed by atoms with E-state index in [-0.39, 0.29) is 17.4 Å². The van der Waals surface area contributed by atoms with Gasteiger partial charge in [0.15, 0.2) is 5.69 Å². The van der Waals surface area contributed by atoms with Gasteiger partial charge in [-0.3, -0.25) is 14.4 Å². The number of carbonyl (C=O) groups is 2. The molecule has 1 aromatic carbocycles. The fraction of sp³-hybridized carbons (Fsp3) is 0.444. The SMILES string of the molecule is CCn1nc(C(=O)N2CCCN(C(C)=O)CC2)c2ccccc2c1=O. The van der Waals surface area contributed by atoms with Gasteiger partial charge in [0, 0.05) is 45.0 Å². The predicted molar refractivity (Wildman–Crippen MR) is 94.5 cm³/mol. The van der Waals surface area contributed by atoms with Crippen LogP contribution in [0, 0.1) is 0 Å². The van der Waals surface area contributed by atoms with Crippen LogP contribution in [0.1, 0.15) is 30.8 Å². The van der Waals surface area contributed by atoms with Crippen molar-refractivity contribution in [2.45, 2.75) is 26.8 Å². The maximum Gasteiger partial charge on any atom is 0.275 e. The number of amides is 2. The normalized spacial score (nSPS) is 15.3. The molecule has 0 saturated carbocycles. The van der Waals surface area contributed by atoms with Gasteiger partial charge in [0.05, 0.1) is 5.39 Å². The molecular formula is C18H22N4O3. The van der Waals surface area contributed by atoms with Gasteiger partial charge >= 0.3 is 0 Å². The summed E-state index contributed by atoms with van der Waals surface area (Å²) in [4.78, 5) is 40.5. The Hall–Kier alpha value is -2.70. The number of carbonyl (C=O) groups excluding carboxylic acids is 2. The molecule has 2 amide bonds. The van der Waals surface area contributed by atoms with E-state index in [9.17, 15) is 14.4 Å². The molecule has 0 bridgehead atoms. The molecule has 0 unspecified atom stereocenters. The maximum atomic E-state index is 13.1. The van der Waals surface area contributed by atoms with Crippen molar-refractivity contribution in [3.8, 4) is 0 Å². The highest BCUT2D eigenvalue weighted by molar-refractivity contribution is 6.04. The van der Waals surface area contributed by atoms with Crippen molar-refractivity contribution in [1.29, 1.82) is 0 Å². The standard InChI is InChI=1S/C18H22N4O3/c1-3-22-17(24)15-8-5-4-7-14(15)16(19-22)18(25)21-10-6-9-20(11-12-21)13(2)23/h4-5,7-8H,3,6,9-12H2,1-2H3. The number of aryl methyl sites for hydroxylation is 1.